The van der Waals surface area contributed by atoms with Crippen molar-refractivity contribution in [2.24, 2.45) is 7.05 Å². The largest absolute Gasteiger partial charge is 0.441 e. The number of ether oxygens (including phenoxy) is 1. The van der Waals surface area contributed by atoms with Gasteiger partial charge in [-0.05, 0) is 32.0 Å². The van der Waals surface area contributed by atoms with Crippen molar-refractivity contribution in [2.75, 3.05) is 16.3 Å². The molecule has 164 valence electrons. The lowest BCUT2D eigenvalue weighted by Gasteiger charge is -2.16. The summed E-state index contributed by atoms with van der Waals surface area (Å²) in [5.41, 5.74) is 1.28. The van der Waals surface area contributed by atoms with Gasteiger partial charge in [-0.3, -0.25) is 15.0 Å². The fourth-order valence-corrected chi connectivity index (χ4v) is 3.34. The second-order valence-corrected chi connectivity index (χ2v) is 8.42. The summed E-state index contributed by atoms with van der Waals surface area (Å²) in [7, 11) is -2.15. The van der Waals surface area contributed by atoms with E-state index in [2.05, 4.69) is 25.6 Å². The maximum Gasteiger partial charge on any atom is 0.413 e. The van der Waals surface area contributed by atoms with Gasteiger partial charge in [-0.15, -0.1) is 5.10 Å². The number of anilines is 2. The highest BCUT2D eigenvalue weighted by Crippen LogP contribution is 2.27. The zero-order valence-electron chi connectivity index (χ0n) is 17.1. The Labute approximate surface area is 177 Å². The molecule has 0 aliphatic heterocycles. The first-order valence-electron chi connectivity index (χ1n) is 8.98. The standard InChI is InChI=1S/C18H20FN7O4S/c1-10-12(6-5-9-20-10)11(2)30-18(27)22-17-15(23-25-26(17)3)13-7-8-14(16(19)21-13)24-31(4,28)29/h5-9,11,24H,1-4H3,(H,22,27)/t11-/m1/s1. The quantitative estimate of drug-likeness (QED) is 0.547. The van der Waals surface area contributed by atoms with Gasteiger partial charge in [0.15, 0.2) is 11.5 Å². The molecular weight excluding hydrogens is 429 g/mol. The number of rotatable bonds is 6. The summed E-state index contributed by atoms with van der Waals surface area (Å²) in [6.07, 6.45) is 1.18. The number of pyridine rings is 2. The van der Waals surface area contributed by atoms with Crippen LogP contribution in [-0.2, 0) is 21.8 Å². The average molecular weight is 449 g/mol. The van der Waals surface area contributed by atoms with Gasteiger partial charge in [-0.2, -0.15) is 4.39 Å². The average Bonchev–Trinajstić information content (AvgIpc) is 3.03. The SMILES string of the molecule is Cc1ncccc1[C@@H](C)OC(=O)Nc1c(-c2ccc(NS(C)(=O)=O)c(F)n2)nnn1C. The Morgan fingerprint density at radius 2 is 2.03 bits per heavy atom. The van der Waals surface area contributed by atoms with E-state index in [1.807, 2.05) is 4.72 Å². The molecule has 0 aliphatic carbocycles. The van der Waals surface area contributed by atoms with Crippen LogP contribution in [0.4, 0.5) is 20.7 Å². The monoisotopic (exact) mass is 449 g/mol. The van der Waals surface area contributed by atoms with Crippen LogP contribution in [0.15, 0.2) is 30.5 Å². The van der Waals surface area contributed by atoms with E-state index >= 15 is 0 Å². The molecule has 3 heterocycles. The summed E-state index contributed by atoms with van der Waals surface area (Å²) >= 11 is 0. The van der Waals surface area contributed by atoms with Crippen molar-refractivity contribution in [1.82, 2.24) is 25.0 Å². The Morgan fingerprint density at radius 1 is 1.29 bits per heavy atom. The van der Waals surface area contributed by atoms with Crippen LogP contribution in [0, 0.1) is 12.9 Å². The fourth-order valence-electron chi connectivity index (χ4n) is 2.79. The van der Waals surface area contributed by atoms with Gasteiger partial charge in [0.25, 0.3) is 0 Å². The first-order valence-corrected chi connectivity index (χ1v) is 10.9. The Kier molecular flexibility index (Phi) is 6.15. The molecule has 0 bridgehead atoms. The molecule has 0 saturated heterocycles. The van der Waals surface area contributed by atoms with Gasteiger partial charge < -0.3 is 4.74 Å². The Hall–Kier alpha value is -3.61. The van der Waals surface area contributed by atoms with Crippen molar-refractivity contribution in [3.63, 3.8) is 0 Å². The topological polar surface area (TPSA) is 141 Å². The lowest BCUT2D eigenvalue weighted by atomic mass is 10.1. The van der Waals surface area contributed by atoms with Crippen LogP contribution in [0.25, 0.3) is 11.4 Å². The number of nitrogens with one attached hydrogen (secondary N) is 2. The molecule has 31 heavy (non-hydrogen) atoms. The molecule has 0 aliphatic rings. The fraction of sp³-hybridized carbons (Fsp3) is 0.278. The molecule has 11 nitrogen and oxygen atoms in total. The minimum atomic E-state index is -3.67. The summed E-state index contributed by atoms with van der Waals surface area (Å²) in [6, 6.07) is 6.09. The maximum atomic E-state index is 14.3. The molecule has 0 fully saturated rings. The molecule has 2 N–H and O–H groups in total. The zero-order chi connectivity index (χ0) is 22.8. The minimum absolute atomic E-state index is 0.0381. The number of aromatic nitrogens is 5. The predicted octanol–water partition coefficient (Wildman–Crippen LogP) is 2.40. The summed E-state index contributed by atoms with van der Waals surface area (Å²) in [5.74, 6) is -0.932. The van der Waals surface area contributed by atoms with Gasteiger partial charge in [0.1, 0.15) is 11.8 Å². The van der Waals surface area contributed by atoms with Crippen molar-refractivity contribution in [3.05, 3.63) is 47.7 Å². The Balaban J connectivity index is 1.80. The molecule has 13 heteroatoms. The molecule has 3 aromatic rings. The summed E-state index contributed by atoms with van der Waals surface area (Å²) < 4.78 is 45.5. The molecular formula is C18H20FN7O4S. The number of amides is 1. The summed E-state index contributed by atoms with van der Waals surface area (Å²) in [4.78, 5) is 20.3. The molecule has 3 aromatic heterocycles. The van der Waals surface area contributed by atoms with Gasteiger partial charge in [0, 0.05) is 24.5 Å². The number of sulfonamides is 1. The van der Waals surface area contributed by atoms with Crippen molar-refractivity contribution in [2.45, 2.75) is 20.0 Å². The third-order valence-electron chi connectivity index (χ3n) is 4.20. The minimum Gasteiger partial charge on any atom is -0.441 e. The molecule has 0 saturated carbocycles. The normalized spacial score (nSPS) is 12.3. The van der Waals surface area contributed by atoms with Crippen LogP contribution in [0.1, 0.15) is 24.3 Å². The van der Waals surface area contributed by atoms with Gasteiger partial charge in [0.2, 0.25) is 16.0 Å². The zero-order valence-corrected chi connectivity index (χ0v) is 17.9. The van der Waals surface area contributed by atoms with Gasteiger partial charge in [-0.25, -0.2) is 22.9 Å². The summed E-state index contributed by atoms with van der Waals surface area (Å²) in [6.45, 7) is 3.51. The predicted molar refractivity (Wildman–Crippen MR) is 110 cm³/mol. The number of carbonyl (C=O) groups is 1. The third kappa shape index (κ3) is 5.31. The number of nitrogens with zero attached hydrogens (tertiary/aromatic N) is 5. The van der Waals surface area contributed by atoms with E-state index in [-0.39, 0.29) is 22.9 Å². The number of hydrogen-bond donors (Lipinski definition) is 2. The van der Waals surface area contributed by atoms with E-state index in [9.17, 15) is 17.6 Å². The highest BCUT2D eigenvalue weighted by atomic mass is 32.2. The Morgan fingerprint density at radius 3 is 2.68 bits per heavy atom. The van der Waals surface area contributed by atoms with E-state index < -0.39 is 28.2 Å². The number of carbonyl (C=O) groups excluding carboxylic acids is 1. The van der Waals surface area contributed by atoms with Crippen molar-refractivity contribution < 1.29 is 22.3 Å². The number of aryl methyl sites for hydroxylation is 2. The smallest absolute Gasteiger partial charge is 0.413 e. The van der Waals surface area contributed by atoms with Gasteiger partial charge >= 0.3 is 6.09 Å². The first kappa shape index (κ1) is 22.1. The van der Waals surface area contributed by atoms with E-state index in [1.165, 1.54) is 23.9 Å². The van der Waals surface area contributed by atoms with Gasteiger partial charge in [-0.1, -0.05) is 11.3 Å². The second kappa shape index (κ2) is 8.63. The van der Waals surface area contributed by atoms with Crippen LogP contribution in [0.3, 0.4) is 0 Å². The third-order valence-corrected chi connectivity index (χ3v) is 4.79. The molecule has 1 atom stereocenters. The molecule has 0 unspecified atom stereocenters. The van der Waals surface area contributed by atoms with E-state index in [0.29, 0.717) is 0 Å². The van der Waals surface area contributed by atoms with Crippen LogP contribution in [0.5, 0.6) is 0 Å². The maximum absolute atomic E-state index is 14.3. The molecule has 0 radical (unpaired) electrons. The highest BCUT2D eigenvalue weighted by molar-refractivity contribution is 7.92. The van der Waals surface area contributed by atoms with Crippen molar-refractivity contribution >= 4 is 27.6 Å². The molecule has 0 spiro atoms. The Bertz CT molecular complexity index is 1230. The van der Waals surface area contributed by atoms with Crippen LogP contribution >= 0.6 is 0 Å². The van der Waals surface area contributed by atoms with Crippen molar-refractivity contribution in [3.8, 4) is 11.4 Å². The summed E-state index contributed by atoms with van der Waals surface area (Å²) in [5, 5.41) is 10.3. The van der Waals surface area contributed by atoms with Crippen LogP contribution < -0.4 is 10.0 Å². The molecule has 3 rings (SSSR count). The number of hydrogen-bond acceptors (Lipinski definition) is 8. The second-order valence-electron chi connectivity index (χ2n) is 6.67. The van der Waals surface area contributed by atoms with E-state index in [1.54, 1.807) is 32.2 Å². The first-order chi connectivity index (χ1) is 14.5. The van der Waals surface area contributed by atoms with Crippen LogP contribution in [-0.4, -0.2) is 45.7 Å². The number of halogens is 1. The van der Waals surface area contributed by atoms with E-state index in [4.69, 9.17) is 4.74 Å². The lowest BCUT2D eigenvalue weighted by Crippen LogP contribution is -2.19. The highest BCUT2D eigenvalue weighted by Gasteiger charge is 2.21. The van der Waals surface area contributed by atoms with E-state index in [0.717, 1.165) is 17.5 Å². The van der Waals surface area contributed by atoms with Crippen LogP contribution in [0.2, 0.25) is 0 Å². The van der Waals surface area contributed by atoms with Gasteiger partial charge in [0.05, 0.1) is 11.9 Å². The lowest BCUT2D eigenvalue weighted by molar-refractivity contribution is 0.120. The molecule has 1 amide bonds. The van der Waals surface area contributed by atoms with Crippen molar-refractivity contribution in [1.29, 1.82) is 0 Å². The molecule has 0 aromatic carbocycles.